The molecule has 3 heterocycles. The van der Waals surface area contributed by atoms with Gasteiger partial charge in [-0.15, -0.1) is 0 Å². The van der Waals surface area contributed by atoms with Crippen molar-refractivity contribution in [2.75, 3.05) is 13.1 Å². The summed E-state index contributed by atoms with van der Waals surface area (Å²) in [6.45, 7) is 4.28. The van der Waals surface area contributed by atoms with Crippen molar-refractivity contribution in [3.8, 4) is 0 Å². The highest BCUT2D eigenvalue weighted by Crippen LogP contribution is 2.23. The molecule has 0 atom stereocenters. The molecule has 1 saturated heterocycles. The van der Waals surface area contributed by atoms with Crippen LogP contribution >= 0.6 is 0 Å². The van der Waals surface area contributed by atoms with Crippen LogP contribution in [0.2, 0.25) is 0 Å². The number of halogens is 1. The zero-order chi connectivity index (χ0) is 20.2. The van der Waals surface area contributed by atoms with Crippen LogP contribution in [-0.4, -0.2) is 38.4 Å². The van der Waals surface area contributed by atoms with E-state index in [0.717, 1.165) is 49.4 Å². The molecule has 1 aromatic carbocycles. The number of rotatable bonds is 5. The van der Waals surface area contributed by atoms with Gasteiger partial charge in [0.2, 0.25) is 0 Å². The van der Waals surface area contributed by atoms with Gasteiger partial charge in [-0.1, -0.05) is 12.1 Å². The molecule has 0 bridgehead atoms. The van der Waals surface area contributed by atoms with Crippen molar-refractivity contribution < 1.29 is 9.18 Å². The third-order valence-corrected chi connectivity index (χ3v) is 5.69. The molecule has 0 saturated carbocycles. The average Bonchev–Trinajstić information content (AvgIpc) is 3.09. The zero-order valence-corrected chi connectivity index (χ0v) is 16.6. The second-order valence-electron chi connectivity index (χ2n) is 7.70. The molecule has 0 aliphatic carbocycles. The molecule has 5 nitrogen and oxygen atoms in total. The van der Waals surface area contributed by atoms with Gasteiger partial charge in [-0.2, -0.15) is 0 Å². The van der Waals surface area contributed by atoms with Crippen LogP contribution in [0.5, 0.6) is 0 Å². The second kappa shape index (κ2) is 8.55. The standard InChI is InChI=1S/C23H25FN4O/c1-17-15-26-22(28(17)16-19-2-4-21(24)5-3-19)14-18-8-12-27(13-9-18)23(29)20-6-10-25-11-7-20/h2-7,10-11,15,18H,8-9,12-14,16H2,1H3. The molecule has 0 radical (unpaired) electrons. The van der Waals surface area contributed by atoms with Crippen molar-refractivity contribution in [1.82, 2.24) is 19.4 Å². The number of benzene rings is 1. The number of aromatic nitrogens is 3. The molecule has 2 aromatic heterocycles. The van der Waals surface area contributed by atoms with Crippen LogP contribution in [0, 0.1) is 18.7 Å². The van der Waals surface area contributed by atoms with E-state index in [1.54, 1.807) is 24.5 Å². The lowest BCUT2D eigenvalue weighted by Gasteiger charge is -2.32. The van der Waals surface area contributed by atoms with Gasteiger partial charge in [0.15, 0.2) is 0 Å². The van der Waals surface area contributed by atoms with Crippen LogP contribution in [0.15, 0.2) is 55.0 Å². The molecule has 1 fully saturated rings. The minimum atomic E-state index is -0.218. The quantitative estimate of drug-likeness (QED) is 0.662. The van der Waals surface area contributed by atoms with E-state index in [9.17, 15) is 9.18 Å². The van der Waals surface area contributed by atoms with Gasteiger partial charge in [-0.25, -0.2) is 9.37 Å². The summed E-state index contributed by atoms with van der Waals surface area (Å²) in [6, 6.07) is 10.2. The number of piperidine rings is 1. The molecule has 29 heavy (non-hydrogen) atoms. The largest absolute Gasteiger partial charge is 0.339 e. The zero-order valence-electron chi connectivity index (χ0n) is 16.6. The van der Waals surface area contributed by atoms with Crippen molar-refractivity contribution >= 4 is 5.91 Å². The predicted octanol–water partition coefficient (Wildman–Crippen LogP) is 3.87. The van der Waals surface area contributed by atoms with Crippen molar-refractivity contribution in [3.63, 3.8) is 0 Å². The van der Waals surface area contributed by atoms with Crippen LogP contribution in [0.4, 0.5) is 4.39 Å². The predicted molar refractivity (Wildman–Crippen MR) is 109 cm³/mol. The number of aryl methyl sites for hydroxylation is 1. The van der Waals surface area contributed by atoms with E-state index in [4.69, 9.17) is 0 Å². The van der Waals surface area contributed by atoms with Gasteiger partial charge >= 0.3 is 0 Å². The van der Waals surface area contributed by atoms with Crippen LogP contribution < -0.4 is 0 Å². The first kappa shape index (κ1) is 19.3. The van der Waals surface area contributed by atoms with E-state index in [1.165, 1.54) is 12.1 Å². The van der Waals surface area contributed by atoms with Crippen LogP contribution in [-0.2, 0) is 13.0 Å². The van der Waals surface area contributed by atoms with E-state index < -0.39 is 0 Å². The number of likely N-dealkylation sites (tertiary alicyclic amines) is 1. The van der Waals surface area contributed by atoms with Crippen molar-refractivity contribution in [2.24, 2.45) is 5.92 Å². The monoisotopic (exact) mass is 392 g/mol. The number of hydrogen-bond acceptors (Lipinski definition) is 3. The van der Waals surface area contributed by atoms with Crippen LogP contribution in [0.3, 0.4) is 0 Å². The molecule has 1 amide bonds. The van der Waals surface area contributed by atoms with Crippen molar-refractivity contribution in [3.05, 3.63) is 83.5 Å². The number of amides is 1. The topological polar surface area (TPSA) is 51.0 Å². The smallest absolute Gasteiger partial charge is 0.253 e. The Balaban J connectivity index is 1.37. The maximum absolute atomic E-state index is 13.2. The third kappa shape index (κ3) is 4.53. The van der Waals surface area contributed by atoms with E-state index in [2.05, 4.69) is 21.5 Å². The summed E-state index contributed by atoms with van der Waals surface area (Å²) in [6.07, 6.45) is 8.05. The lowest BCUT2D eigenvalue weighted by molar-refractivity contribution is 0.0689. The van der Waals surface area contributed by atoms with Gasteiger partial charge in [0, 0.05) is 55.9 Å². The molecule has 6 heteroatoms. The van der Waals surface area contributed by atoms with Crippen molar-refractivity contribution in [2.45, 2.75) is 32.7 Å². The van der Waals surface area contributed by atoms with Gasteiger partial charge < -0.3 is 9.47 Å². The molecule has 1 aliphatic rings. The number of carbonyl (C=O) groups is 1. The fourth-order valence-electron chi connectivity index (χ4n) is 3.94. The van der Waals surface area contributed by atoms with Gasteiger partial charge in [0.25, 0.3) is 5.91 Å². The lowest BCUT2D eigenvalue weighted by atomic mass is 9.93. The average molecular weight is 392 g/mol. The normalized spacial score (nSPS) is 14.9. The third-order valence-electron chi connectivity index (χ3n) is 5.69. The molecule has 3 aromatic rings. The summed E-state index contributed by atoms with van der Waals surface area (Å²) in [4.78, 5) is 23.1. The first-order valence-electron chi connectivity index (χ1n) is 10.0. The Morgan fingerprint density at radius 1 is 1.10 bits per heavy atom. The van der Waals surface area contributed by atoms with E-state index >= 15 is 0 Å². The number of pyridine rings is 1. The summed E-state index contributed by atoms with van der Waals surface area (Å²) in [5, 5.41) is 0. The molecule has 0 unspecified atom stereocenters. The summed E-state index contributed by atoms with van der Waals surface area (Å²) in [5.41, 5.74) is 2.87. The minimum Gasteiger partial charge on any atom is -0.339 e. The molecule has 150 valence electrons. The molecule has 1 aliphatic heterocycles. The highest BCUT2D eigenvalue weighted by molar-refractivity contribution is 5.94. The number of imidazole rings is 1. The maximum atomic E-state index is 13.2. The number of nitrogens with zero attached hydrogens (tertiary/aromatic N) is 4. The Bertz CT molecular complexity index is 960. The highest BCUT2D eigenvalue weighted by atomic mass is 19.1. The Morgan fingerprint density at radius 2 is 1.79 bits per heavy atom. The minimum absolute atomic E-state index is 0.0829. The van der Waals surface area contributed by atoms with Gasteiger partial charge in [-0.05, 0) is 55.5 Å². The van der Waals surface area contributed by atoms with E-state index in [0.29, 0.717) is 18.0 Å². The first-order valence-corrected chi connectivity index (χ1v) is 10.0. The van der Waals surface area contributed by atoms with E-state index in [-0.39, 0.29) is 11.7 Å². The Kier molecular flexibility index (Phi) is 5.69. The van der Waals surface area contributed by atoms with Crippen LogP contribution in [0.25, 0.3) is 0 Å². The molecule has 0 N–H and O–H groups in total. The maximum Gasteiger partial charge on any atom is 0.253 e. The highest BCUT2D eigenvalue weighted by Gasteiger charge is 2.25. The van der Waals surface area contributed by atoms with Crippen LogP contribution in [0.1, 0.15) is 40.3 Å². The lowest BCUT2D eigenvalue weighted by Crippen LogP contribution is -2.39. The van der Waals surface area contributed by atoms with E-state index in [1.807, 2.05) is 23.2 Å². The SMILES string of the molecule is Cc1cnc(CC2CCN(C(=O)c3ccncc3)CC2)n1Cc1ccc(F)cc1. The fraction of sp³-hybridized carbons (Fsp3) is 0.348. The molecular weight excluding hydrogens is 367 g/mol. The first-order chi connectivity index (χ1) is 14.1. The Hall–Kier alpha value is -3.02. The van der Waals surface area contributed by atoms with Gasteiger partial charge in [0.1, 0.15) is 11.6 Å². The Morgan fingerprint density at radius 3 is 2.48 bits per heavy atom. The van der Waals surface area contributed by atoms with Crippen molar-refractivity contribution in [1.29, 1.82) is 0 Å². The summed E-state index contributed by atoms with van der Waals surface area (Å²) in [7, 11) is 0. The number of hydrogen-bond donors (Lipinski definition) is 0. The number of carbonyl (C=O) groups excluding carboxylic acids is 1. The second-order valence-corrected chi connectivity index (χ2v) is 7.70. The summed E-state index contributed by atoms with van der Waals surface area (Å²) in [5.74, 6) is 1.43. The molecule has 0 spiro atoms. The molecule has 4 rings (SSSR count). The van der Waals surface area contributed by atoms with Gasteiger partial charge in [-0.3, -0.25) is 9.78 Å². The summed E-state index contributed by atoms with van der Waals surface area (Å²) < 4.78 is 15.4. The summed E-state index contributed by atoms with van der Waals surface area (Å²) >= 11 is 0. The fourth-order valence-corrected chi connectivity index (χ4v) is 3.94. The Labute approximate surface area is 170 Å². The molecular formula is C23H25FN4O. The van der Waals surface area contributed by atoms with Gasteiger partial charge in [0.05, 0.1) is 0 Å².